The predicted molar refractivity (Wildman–Crippen MR) is 165 cm³/mol. The number of hydrogen-bond acceptors (Lipinski definition) is 7. The van der Waals surface area contributed by atoms with E-state index < -0.39 is 8.07 Å². The molecule has 0 aliphatic carbocycles. The highest BCUT2D eigenvalue weighted by atomic mass is 28.3. The van der Waals surface area contributed by atoms with Crippen LogP contribution in [-0.4, -0.2) is 89.0 Å². The second-order valence-electron chi connectivity index (χ2n) is 12.4. The number of methoxy groups -OCH3 is 2. The molecule has 2 N–H and O–H groups in total. The molecule has 2 saturated heterocycles. The Hall–Kier alpha value is -2.92. The summed E-state index contributed by atoms with van der Waals surface area (Å²) in [5.41, 5.74) is 1.72. The molecule has 0 aromatic heterocycles. The fraction of sp³-hybridized carbons (Fsp3) is 0.562. The molecule has 3 heterocycles. The molecular formula is C32H45N3O6Si. The minimum atomic E-state index is -2.34. The molecule has 0 saturated carbocycles. The van der Waals surface area contributed by atoms with E-state index in [1.165, 1.54) is 5.19 Å². The molecule has 5 atom stereocenters. The van der Waals surface area contributed by atoms with E-state index in [1.54, 1.807) is 14.2 Å². The first kappa shape index (κ1) is 30.5. The van der Waals surface area contributed by atoms with E-state index >= 15 is 0 Å². The van der Waals surface area contributed by atoms with Gasteiger partial charge in [0, 0.05) is 55.9 Å². The van der Waals surface area contributed by atoms with Crippen LogP contribution in [0.25, 0.3) is 0 Å². The topological polar surface area (TPSA) is 101 Å². The van der Waals surface area contributed by atoms with Crippen LogP contribution in [-0.2, 0) is 14.3 Å². The van der Waals surface area contributed by atoms with E-state index in [2.05, 4.69) is 37.5 Å². The summed E-state index contributed by atoms with van der Waals surface area (Å²) in [6.07, 6.45) is 1.56. The number of carbonyl (C=O) groups is 2. The largest absolute Gasteiger partial charge is 0.497 e. The van der Waals surface area contributed by atoms with E-state index in [0.717, 1.165) is 42.1 Å². The highest BCUT2D eigenvalue weighted by Gasteiger charge is 2.49. The van der Waals surface area contributed by atoms with Gasteiger partial charge in [-0.05, 0) is 43.2 Å². The molecule has 10 heteroatoms. The highest BCUT2D eigenvalue weighted by Crippen LogP contribution is 2.48. The SMILES string of the molecule is COc1ccc([Si](C)(C)C(CC(=O)N2CCC[C@H]2CO)[C@@H]2Oc3ccc(N4CCNCC4=O)cc3[C@H](OC)[C@H]2C)cc1. The van der Waals surface area contributed by atoms with Crippen molar-refractivity contribution in [2.45, 2.75) is 63.1 Å². The zero-order valence-corrected chi connectivity index (χ0v) is 26.5. The van der Waals surface area contributed by atoms with Crippen molar-refractivity contribution in [3.8, 4) is 11.5 Å². The van der Waals surface area contributed by atoms with Gasteiger partial charge in [0.05, 0.1) is 40.5 Å². The Balaban J connectivity index is 1.51. The number of nitrogens with zero attached hydrogens (tertiary/aromatic N) is 2. The maximum absolute atomic E-state index is 13.9. The van der Waals surface area contributed by atoms with Crippen molar-refractivity contribution in [2.75, 3.05) is 51.9 Å². The van der Waals surface area contributed by atoms with Gasteiger partial charge in [0.25, 0.3) is 0 Å². The normalized spacial score (nSPS) is 25.1. The van der Waals surface area contributed by atoms with Gasteiger partial charge in [0.1, 0.15) is 17.6 Å². The van der Waals surface area contributed by atoms with Crippen LogP contribution in [0.4, 0.5) is 5.69 Å². The number of rotatable bonds is 9. The molecule has 3 aliphatic heterocycles. The van der Waals surface area contributed by atoms with Gasteiger partial charge in [0.2, 0.25) is 11.8 Å². The Kier molecular flexibility index (Phi) is 9.27. The zero-order chi connectivity index (χ0) is 30.0. The van der Waals surface area contributed by atoms with Crippen LogP contribution in [0.5, 0.6) is 11.5 Å². The first-order valence-electron chi connectivity index (χ1n) is 15.1. The van der Waals surface area contributed by atoms with Gasteiger partial charge in [-0.15, -0.1) is 0 Å². The molecule has 0 bridgehead atoms. The smallest absolute Gasteiger partial charge is 0.240 e. The second-order valence-corrected chi connectivity index (χ2v) is 17.1. The summed E-state index contributed by atoms with van der Waals surface area (Å²) in [6.45, 7) is 9.13. The molecule has 1 unspecified atom stereocenters. The Morgan fingerprint density at radius 1 is 1.17 bits per heavy atom. The number of aliphatic hydroxyl groups is 1. The molecule has 9 nitrogen and oxygen atoms in total. The van der Waals surface area contributed by atoms with Gasteiger partial charge in [0.15, 0.2) is 0 Å². The molecule has 42 heavy (non-hydrogen) atoms. The van der Waals surface area contributed by atoms with Crippen molar-refractivity contribution in [2.24, 2.45) is 5.92 Å². The molecule has 0 spiro atoms. The van der Waals surface area contributed by atoms with Crippen LogP contribution in [0.3, 0.4) is 0 Å². The maximum Gasteiger partial charge on any atom is 0.240 e. The molecular weight excluding hydrogens is 550 g/mol. The van der Waals surface area contributed by atoms with Crippen LogP contribution >= 0.6 is 0 Å². The Morgan fingerprint density at radius 3 is 2.60 bits per heavy atom. The molecule has 2 aromatic rings. The summed E-state index contributed by atoms with van der Waals surface area (Å²) in [5.74, 6) is 1.61. The lowest BCUT2D eigenvalue weighted by molar-refractivity contribution is -0.133. The molecule has 2 fully saturated rings. The minimum absolute atomic E-state index is 0.0108. The molecule has 2 aromatic carbocycles. The van der Waals surface area contributed by atoms with Crippen LogP contribution in [0.1, 0.15) is 37.9 Å². The Labute approximate surface area is 250 Å². The van der Waals surface area contributed by atoms with Gasteiger partial charge in [-0.1, -0.05) is 37.3 Å². The average molecular weight is 596 g/mol. The number of fused-ring (bicyclic) bond motifs is 1. The van der Waals surface area contributed by atoms with E-state index in [0.29, 0.717) is 26.1 Å². The summed E-state index contributed by atoms with van der Waals surface area (Å²) in [7, 11) is 1.05. The highest BCUT2D eigenvalue weighted by molar-refractivity contribution is 6.91. The third-order valence-corrected chi connectivity index (χ3v) is 13.9. The number of ether oxygens (including phenoxy) is 3. The van der Waals surface area contributed by atoms with Gasteiger partial charge in [-0.25, -0.2) is 0 Å². The second kappa shape index (κ2) is 12.7. The Morgan fingerprint density at radius 2 is 1.93 bits per heavy atom. The van der Waals surface area contributed by atoms with Gasteiger partial charge in [-0.3, -0.25) is 9.59 Å². The number of likely N-dealkylation sites (tertiary alicyclic amines) is 1. The number of piperazine rings is 1. The zero-order valence-electron chi connectivity index (χ0n) is 25.5. The van der Waals surface area contributed by atoms with E-state index in [9.17, 15) is 14.7 Å². The van der Waals surface area contributed by atoms with Crippen molar-refractivity contribution in [1.29, 1.82) is 0 Å². The minimum Gasteiger partial charge on any atom is -0.497 e. The monoisotopic (exact) mass is 595 g/mol. The molecule has 3 aliphatic rings. The Bertz CT molecular complexity index is 1270. The number of hydrogen-bond donors (Lipinski definition) is 2. The van der Waals surface area contributed by atoms with Gasteiger partial charge >= 0.3 is 0 Å². The summed E-state index contributed by atoms with van der Waals surface area (Å²) >= 11 is 0. The van der Waals surface area contributed by atoms with Crippen molar-refractivity contribution in [3.05, 3.63) is 48.0 Å². The molecule has 228 valence electrons. The van der Waals surface area contributed by atoms with Gasteiger partial charge in [-0.2, -0.15) is 0 Å². The average Bonchev–Trinajstić information content (AvgIpc) is 3.49. The van der Waals surface area contributed by atoms with Crippen LogP contribution in [0, 0.1) is 5.92 Å². The maximum atomic E-state index is 13.9. The number of anilines is 1. The number of nitrogens with one attached hydrogen (secondary N) is 1. The summed E-state index contributed by atoms with van der Waals surface area (Å²) < 4.78 is 18.4. The van der Waals surface area contributed by atoms with Crippen molar-refractivity contribution in [3.63, 3.8) is 0 Å². The fourth-order valence-electron chi connectivity index (χ4n) is 7.09. The van der Waals surface area contributed by atoms with E-state index in [4.69, 9.17) is 14.2 Å². The van der Waals surface area contributed by atoms with Crippen LogP contribution < -0.4 is 24.9 Å². The number of benzene rings is 2. The molecule has 5 rings (SSSR count). The summed E-state index contributed by atoms with van der Waals surface area (Å²) in [5, 5.41) is 14.3. The summed E-state index contributed by atoms with van der Waals surface area (Å²) in [4.78, 5) is 30.2. The third-order valence-electron chi connectivity index (χ3n) is 9.67. The van der Waals surface area contributed by atoms with Crippen molar-refractivity contribution < 1.29 is 28.9 Å². The van der Waals surface area contributed by atoms with Crippen LogP contribution in [0.15, 0.2) is 42.5 Å². The molecule has 0 radical (unpaired) electrons. The number of carbonyl (C=O) groups excluding carboxylic acids is 2. The lowest BCUT2D eigenvalue weighted by atomic mass is 9.86. The fourth-order valence-corrected chi connectivity index (χ4v) is 10.4. The van der Waals surface area contributed by atoms with E-state index in [-0.39, 0.29) is 48.1 Å². The quantitative estimate of drug-likeness (QED) is 0.430. The molecule has 2 amide bonds. The lowest BCUT2D eigenvalue weighted by Gasteiger charge is -2.46. The van der Waals surface area contributed by atoms with Crippen LogP contribution in [0.2, 0.25) is 18.6 Å². The van der Waals surface area contributed by atoms with Crippen molar-refractivity contribution >= 4 is 30.8 Å². The first-order valence-corrected chi connectivity index (χ1v) is 18.2. The third kappa shape index (κ3) is 5.82. The first-order chi connectivity index (χ1) is 20.2. The van der Waals surface area contributed by atoms with Gasteiger partial charge < -0.3 is 34.4 Å². The lowest BCUT2D eigenvalue weighted by Crippen LogP contribution is -2.55. The van der Waals surface area contributed by atoms with E-state index in [1.807, 2.05) is 40.1 Å². The summed E-state index contributed by atoms with van der Waals surface area (Å²) in [6, 6.07) is 14.0. The number of amides is 2. The standard InChI is InChI=1S/C32H45N3O6Si/c1-21-31(40-3)26-17-22(35-16-14-33-19-30(35)38)8-13-27(26)41-32(21)28(18-29(37)34-15-6-7-23(34)20-36)42(4,5)25-11-9-24(39-2)10-12-25/h8-13,17,21,23,28,31-33,36H,6-7,14-16,18-20H2,1-5H3/t21-,23+,28?,31-,32-/m1/s1. The van der Waals surface area contributed by atoms with Crippen molar-refractivity contribution in [1.82, 2.24) is 10.2 Å². The number of aliphatic hydroxyl groups excluding tert-OH is 1. The predicted octanol–water partition coefficient (Wildman–Crippen LogP) is 3.08.